The summed E-state index contributed by atoms with van der Waals surface area (Å²) in [7, 11) is 0. The molecular weight excluding hydrogens is 322 g/mol. The van der Waals surface area contributed by atoms with Crippen molar-refractivity contribution in [3.63, 3.8) is 0 Å². The van der Waals surface area contributed by atoms with Gasteiger partial charge in [0.05, 0.1) is 23.9 Å². The fourth-order valence-corrected chi connectivity index (χ4v) is 4.01. The Kier molecular flexibility index (Phi) is 4.90. The summed E-state index contributed by atoms with van der Waals surface area (Å²) in [4.78, 5) is 26.5. The number of thioether (sulfide) groups is 1. The summed E-state index contributed by atoms with van der Waals surface area (Å²) < 4.78 is 0. The largest absolute Gasteiger partial charge is 0.481 e. The first-order chi connectivity index (χ1) is 11.6. The van der Waals surface area contributed by atoms with Crippen molar-refractivity contribution < 1.29 is 14.7 Å². The zero-order chi connectivity index (χ0) is 17.1. The van der Waals surface area contributed by atoms with Crippen molar-refractivity contribution in [3.05, 3.63) is 59.7 Å². The van der Waals surface area contributed by atoms with Gasteiger partial charge in [0.15, 0.2) is 0 Å². The standard InChI is InChI=1S/C19H19NO3S/c1-2-13-7-9-14(10-8-13)12-20-15-5-3-4-6-16(15)24-17(19(20)23)11-18(21)22/h3-10,17H,2,11-12H2,1H3,(H,21,22). The first kappa shape index (κ1) is 16.6. The fraction of sp³-hybridized carbons (Fsp3) is 0.263. The molecular formula is C19H19NO3S. The number of nitrogens with zero attached hydrogens (tertiary/aromatic N) is 1. The second-order valence-corrected chi connectivity index (χ2v) is 7.01. The van der Waals surface area contributed by atoms with E-state index in [0.717, 1.165) is 22.6 Å². The zero-order valence-electron chi connectivity index (χ0n) is 13.4. The summed E-state index contributed by atoms with van der Waals surface area (Å²) in [5, 5.41) is 8.50. The summed E-state index contributed by atoms with van der Waals surface area (Å²) in [6.45, 7) is 2.56. The smallest absolute Gasteiger partial charge is 0.305 e. The molecule has 0 saturated carbocycles. The Hall–Kier alpha value is -2.27. The van der Waals surface area contributed by atoms with E-state index in [9.17, 15) is 9.59 Å². The minimum absolute atomic E-state index is 0.138. The second kappa shape index (κ2) is 7.09. The number of benzene rings is 2. The monoisotopic (exact) mass is 341 g/mol. The van der Waals surface area contributed by atoms with E-state index < -0.39 is 11.2 Å². The number of anilines is 1. The Bertz CT molecular complexity index is 757. The predicted molar refractivity (Wildman–Crippen MR) is 95.3 cm³/mol. The minimum atomic E-state index is -0.951. The SMILES string of the molecule is CCc1ccc(CN2C(=O)C(CC(=O)O)Sc3ccccc32)cc1. The van der Waals surface area contributed by atoms with Crippen LogP contribution in [-0.2, 0) is 22.6 Å². The van der Waals surface area contributed by atoms with Crippen LogP contribution in [0, 0.1) is 0 Å². The van der Waals surface area contributed by atoms with Crippen molar-refractivity contribution in [3.8, 4) is 0 Å². The van der Waals surface area contributed by atoms with Gasteiger partial charge in [0.1, 0.15) is 0 Å². The van der Waals surface area contributed by atoms with Gasteiger partial charge in [-0.1, -0.05) is 43.3 Å². The number of aliphatic carboxylic acids is 1. The lowest BCUT2D eigenvalue weighted by atomic mass is 10.1. The van der Waals surface area contributed by atoms with Crippen LogP contribution in [0.3, 0.4) is 0 Å². The third-order valence-corrected chi connectivity index (χ3v) is 5.35. The van der Waals surface area contributed by atoms with E-state index in [1.807, 2.05) is 36.4 Å². The molecule has 0 fully saturated rings. The lowest BCUT2D eigenvalue weighted by Gasteiger charge is -2.33. The topological polar surface area (TPSA) is 57.6 Å². The first-order valence-corrected chi connectivity index (χ1v) is 8.83. The number of hydrogen-bond acceptors (Lipinski definition) is 3. The molecule has 1 amide bonds. The van der Waals surface area contributed by atoms with Crippen LogP contribution in [0.25, 0.3) is 0 Å². The lowest BCUT2D eigenvalue weighted by Crippen LogP contribution is -2.41. The molecule has 2 aromatic carbocycles. The van der Waals surface area contributed by atoms with Crippen LogP contribution in [0.2, 0.25) is 0 Å². The Morgan fingerprint density at radius 1 is 1.12 bits per heavy atom. The molecule has 0 aromatic heterocycles. The van der Waals surface area contributed by atoms with E-state index in [1.54, 1.807) is 4.90 Å². The predicted octanol–water partition coefficient (Wildman–Crippen LogP) is 3.73. The quantitative estimate of drug-likeness (QED) is 0.900. The molecule has 0 aliphatic carbocycles. The fourth-order valence-electron chi connectivity index (χ4n) is 2.79. The van der Waals surface area contributed by atoms with Crippen LogP contribution in [0.4, 0.5) is 5.69 Å². The van der Waals surface area contributed by atoms with Gasteiger partial charge in [0.25, 0.3) is 0 Å². The maximum atomic E-state index is 12.8. The van der Waals surface area contributed by atoms with Crippen LogP contribution < -0.4 is 4.90 Å². The Labute approximate surface area is 145 Å². The molecule has 0 radical (unpaired) electrons. The normalized spacial score (nSPS) is 16.8. The van der Waals surface area contributed by atoms with E-state index in [-0.39, 0.29) is 12.3 Å². The number of rotatable bonds is 5. The van der Waals surface area contributed by atoms with Crippen LogP contribution in [-0.4, -0.2) is 22.2 Å². The van der Waals surface area contributed by atoms with Crippen molar-refractivity contribution in [2.75, 3.05) is 4.90 Å². The minimum Gasteiger partial charge on any atom is -0.481 e. The molecule has 1 heterocycles. The van der Waals surface area contributed by atoms with E-state index in [4.69, 9.17) is 5.11 Å². The molecule has 24 heavy (non-hydrogen) atoms. The molecule has 0 bridgehead atoms. The number of aryl methyl sites for hydroxylation is 1. The highest BCUT2D eigenvalue weighted by Crippen LogP contribution is 2.40. The molecule has 1 unspecified atom stereocenters. The maximum absolute atomic E-state index is 12.8. The number of carbonyl (C=O) groups excluding carboxylic acids is 1. The van der Waals surface area contributed by atoms with E-state index in [0.29, 0.717) is 6.54 Å². The highest BCUT2D eigenvalue weighted by atomic mass is 32.2. The summed E-state index contributed by atoms with van der Waals surface area (Å²) >= 11 is 1.34. The Morgan fingerprint density at radius 2 is 1.79 bits per heavy atom. The third kappa shape index (κ3) is 3.46. The second-order valence-electron chi connectivity index (χ2n) is 5.77. The number of fused-ring (bicyclic) bond motifs is 1. The van der Waals surface area contributed by atoms with Crippen molar-refractivity contribution in [1.82, 2.24) is 0 Å². The van der Waals surface area contributed by atoms with Crippen molar-refractivity contribution in [2.24, 2.45) is 0 Å². The number of amides is 1. The van der Waals surface area contributed by atoms with Crippen LogP contribution in [0.1, 0.15) is 24.5 Å². The van der Waals surface area contributed by atoms with Gasteiger partial charge in [-0.2, -0.15) is 0 Å². The molecule has 1 aliphatic rings. The van der Waals surface area contributed by atoms with Gasteiger partial charge in [0.2, 0.25) is 5.91 Å². The summed E-state index contributed by atoms with van der Waals surface area (Å²) in [6, 6.07) is 15.9. The number of carboxylic acids is 1. The number of hydrogen-bond donors (Lipinski definition) is 1. The zero-order valence-corrected chi connectivity index (χ0v) is 14.3. The first-order valence-electron chi connectivity index (χ1n) is 7.95. The van der Waals surface area contributed by atoms with Crippen molar-refractivity contribution in [1.29, 1.82) is 0 Å². The molecule has 1 N–H and O–H groups in total. The van der Waals surface area contributed by atoms with Crippen molar-refractivity contribution >= 4 is 29.3 Å². The highest BCUT2D eigenvalue weighted by molar-refractivity contribution is 8.01. The van der Waals surface area contributed by atoms with Gasteiger partial charge in [-0.05, 0) is 29.7 Å². The molecule has 1 aliphatic heterocycles. The number of carbonyl (C=O) groups is 2. The van der Waals surface area contributed by atoms with E-state index in [2.05, 4.69) is 19.1 Å². The Balaban J connectivity index is 1.90. The van der Waals surface area contributed by atoms with Gasteiger partial charge in [-0.25, -0.2) is 0 Å². The van der Waals surface area contributed by atoms with Crippen molar-refractivity contribution in [2.45, 2.75) is 36.5 Å². The maximum Gasteiger partial charge on any atom is 0.305 e. The third-order valence-electron chi connectivity index (χ3n) is 4.10. The highest BCUT2D eigenvalue weighted by Gasteiger charge is 2.34. The van der Waals surface area contributed by atoms with Crippen LogP contribution in [0.5, 0.6) is 0 Å². The summed E-state index contributed by atoms with van der Waals surface area (Å²) in [5.74, 6) is -1.09. The van der Waals surface area contributed by atoms with Gasteiger partial charge in [0, 0.05) is 4.90 Å². The molecule has 3 rings (SSSR count). The van der Waals surface area contributed by atoms with Crippen LogP contribution >= 0.6 is 11.8 Å². The summed E-state index contributed by atoms with van der Waals surface area (Å²) in [5.41, 5.74) is 3.15. The lowest BCUT2D eigenvalue weighted by molar-refractivity contribution is -0.138. The molecule has 4 nitrogen and oxygen atoms in total. The van der Waals surface area contributed by atoms with Gasteiger partial charge < -0.3 is 10.0 Å². The van der Waals surface area contributed by atoms with Crippen LogP contribution in [0.15, 0.2) is 53.4 Å². The average molecular weight is 341 g/mol. The summed E-state index contributed by atoms with van der Waals surface area (Å²) in [6.07, 6.45) is 0.812. The van der Waals surface area contributed by atoms with E-state index >= 15 is 0 Å². The molecule has 5 heteroatoms. The molecule has 124 valence electrons. The molecule has 0 saturated heterocycles. The van der Waals surface area contributed by atoms with Gasteiger partial charge in [-0.15, -0.1) is 11.8 Å². The Morgan fingerprint density at radius 3 is 2.46 bits per heavy atom. The van der Waals surface area contributed by atoms with E-state index in [1.165, 1.54) is 17.3 Å². The average Bonchev–Trinajstić information content (AvgIpc) is 2.58. The molecule has 1 atom stereocenters. The number of para-hydroxylation sites is 1. The molecule has 0 spiro atoms. The number of carboxylic acid groups (broad SMARTS) is 1. The van der Waals surface area contributed by atoms with Gasteiger partial charge in [-0.3, -0.25) is 9.59 Å². The molecule has 2 aromatic rings. The van der Waals surface area contributed by atoms with Gasteiger partial charge >= 0.3 is 5.97 Å².